The molecule has 2 amide bonds. The van der Waals surface area contributed by atoms with Crippen LogP contribution in [0.15, 0.2) is 59.5 Å². The highest BCUT2D eigenvalue weighted by atomic mass is 32.2. The van der Waals surface area contributed by atoms with E-state index in [9.17, 15) is 18.0 Å². The van der Waals surface area contributed by atoms with Crippen LogP contribution in [0, 0.1) is 6.92 Å². The Morgan fingerprint density at radius 3 is 2.35 bits per heavy atom. The Morgan fingerprint density at radius 1 is 1.06 bits per heavy atom. The number of hydrogen-bond acceptors (Lipinski definition) is 4. The number of amides is 2. The Labute approximate surface area is 185 Å². The SMILES string of the molecule is CNC(=O)[C@H](C)N(Cc1cccc(C)c1)C(=O)CCCN(C)S(=O)(=O)c1ccccc1. The maximum Gasteiger partial charge on any atom is 0.242 e. The van der Waals surface area contributed by atoms with Gasteiger partial charge in [-0.05, 0) is 38.0 Å². The lowest BCUT2D eigenvalue weighted by molar-refractivity contribution is -0.140. The number of nitrogens with zero attached hydrogens (tertiary/aromatic N) is 2. The van der Waals surface area contributed by atoms with Crippen LogP contribution in [-0.4, -0.2) is 56.1 Å². The molecule has 0 saturated carbocycles. The van der Waals surface area contributed by atoms with Crippen molar-refractivity contribution in [3.8, 4) is 0 Å². The lowest BCUT2D eigenvalue weighted by atomic mass is 10.1. The molecule has 0 unspecified atom stereocenters. The van der Waals surface area contributed by atoms with Gasteiger partial charge in [0.15, 0.2) is 0 Å². The third-order valence-electron chi connectivity index (χ3n) is 5.16. The minimum atomic E-state index is -3.60. The zero-order chi connectivity index (χ0) is 23.0. The van der Waals surface area contributed by atoms with Gasteiger partial charge in [-0.1, -0.05) is 48.0 Å². The predicted molar refractivity (Wildman–Crippen MR) is 121 cm³/mol. The summed E-state index contributed by atoms with van der Waals surface area (Å²) in [5, 5.41) is 2.59. The van der Waals surface area contributed by atoms with Gasteiger partial charge in [-0.2, -0.15) is 0 Å². The van der Waals surface area contributed by atoms with Crippen molar-refractivity contribution < 1.29 is 18.0 Å². The van der Waals surface area contributed by atoms with Crippen molar-refractivity contribution in [1.29, 1.82) is 0 Å². The summed E-state index contributed by atoms with van der Waals surface area (Å²) in [6.07, 6.45) is 0.494. The van der Waals surface area contributed by atoms with Gasteiger partial charge in [0.1, 0.15) is 6.04 Å². The second-order valence-corrected chi connectivity index (χ2v) is 9.59. The first-order chi connectivity index (χ1) is 14.7. The van der Waals surface area contributed by atoms with E-state index in [1.54, 1.807) is 42.2 Å². The van der Waals surface area contributed by atoms with Gasteiger partial charge in [-0.25, -0.2) is 12.7 Å². The smallest absolute Gasteiger partial charge is 0.242 e. The second-order valence-electron chi connectivity index (χ2n) is 7.54. The number of carbonyl (C=O) groups is 2. The van der Waals surface area contributed by atoms with Crippen molar-refractivity contribution in [2.45, 2.75) is 44.2 Å². The molecule has 0 heterocycles. The largest absolute Gasteiger partial charge is 0.357 e. The number of sulfonamides is 1. The van der Waals surface area contributed by atoms with Crippen LogP contribution >= 0.6 is 0 Å². The maximum atomic E-state index is 13.0. The Hall–Kier alpha value is -2.71. The normalized spacial score (nSPS) is 12.4. The van der Waals surface area contributed by atoms with Crippen molar-refractivity contribution in [3.05, 3.63) is 65.7 Å². The summed E-state index contributed by atoms with van der Waals surface area (Å²) in [5.74, 6) is -0.437. The molecule has 0 bridgehead atoms. The highest BCUT2D eigenvalue weighted by Gasteiger charge is 2.26. The van der Waals surface area contributed by atoms with Crippen molar-refractivity contribution in [3.63, 3.8) is 0 Å². The highest BCUT2D eigenvalue weighted by molar-refractivity contribution is 7.89. The van der Waals surface area contributed by atoms with Crippen LogP contribution in [0.5, 0.6) is 0 Å². The standard InChI is InChI=1S/C23H31N3O4S/c1-18-10-8-11-20(16-18)17-26(19(2)23(28)24-3)22(27)14-9-15-25(4)31(29,30)21-12-6-5-7-13-21/h5-8,10-13,16,19H,9,14-15,17H2,1-4H3,(H,24,28)/t19-/m0/s1. The first kappa shape index (κ1) is 24.6. The van der Waals surface area contributed by atoms with Crippen LogP contribution in [0.25, 0.3) is 0 Å². The van der Waals surface area contributed by atoms with Gasteiger partial charge in [0.2, 0.25) is 21.8 Å². The molecule has 0 aliphatic carbocycles. The molecule has 0 fully saturated rings. The van der Waals surface area contributed by atoms with Gasteiger partial charge in [0.25, 0.3) is 0 Å². The molecule has 2 aromatic rings. The first-order valence-electron chi connectivity index (χ1n) is 10.2. The second kappa shape index (κ2) is 11.1. The summed E-state index contributed by atoms with van der Waals surface area (Å²) in [6, 6.07) is 15.4. The van der Waals surface area contributed by atoms with Crippen molar-refractivity contribution >= 4 is 21.8 Å². The van der Waals surface area contributed by atoms with E-state index in [0.29, 0.717) is 13.0 Å². The lowest BCUT2D eigenvalue weighted by Gasteiger charge is -2.29. The molecule has 2 aromatic carbocycles. The van der Waals surface area contributed by atoms with Crippen molar-refractivity contribution in [1.82, 2.24) is 14.5 Å². The predicted octanol–water partition coefficient (Wildman–Crippen LogP) is 2.56. The summed E-state index contributed by atoms with van der Waals surface area (Å²) in [5.41, 5.74) is 2.01. The van der Waals surface area contributed by atoms with E-state index >= 15 is 0 Å². The maximum absolute atomic E-state index is 13.0. The molecule has 0 aliphatic heterocycles. The van der Waals surface area contributed by atoms with Crippen LogP contribution in [0.3, 0.4) is 0 Å². The Kier molecular flexibility index (Phi) is 8.76. The molecule has 1 atom stereocenters. The number of likely N-dealkylation sites (N-methyl/N-ethyl adjacent to an activating group) is 1. The number of aryl methyl sites for hydroxylation is 1. The minimum absolute atomic E-state index is 0.141. The first-order valence-corrected chi connectivity index (χ1v) is 11.7. The van der Waals surface area contributed by atoms with Gasteiger partial charge in [-0.3, -0.25) is 9.59 Å². The number of hydrogen-bond donors (Lipinski definition) is 1. The molecule has 2 rings (SSSR count). The van der Waals surface area contributed by atoms with E-state index < -0.39 is 16.1 Å². The van der Waals surface area contributed by atoms with Gasteiger partial charge in [-0.15, -0.1) is 0 Å². The highest BCUT2D eigenvalue weighted by Crippen LogP contribution is 2.16. The van der Waals surface area contributed by atoms with Crippen LogP contribution in [0.2, 0.25) is 0 Å². The lowest BCUT2D eigenvalue weighted by Crippen LogP contribution is -2.46. The van der Waals surface area contributed by atoms with E-state index in [2.05, 4.69) is 5.32 Å². The number of rotatable bonds is 10. The van der Waals surface area contributed by atoms with Crippen molar-refractivity contribution in [2.75, 3.05) is 20.6 Å². The molecule has 7 nitrogen and oxygen atoms in total. The quantitative estimate of drug-likeness (QED) is 0.609. The minimum Gasteiger partial charge on any atom is -0.357 e. The van der Waals surface area contributed by atoms with Crippen LogP contribution in [-0.2, 0) is 26.2 Å². The molecule has 0 aliphatic rings. The molecule has 0 aromatic heterocycles. The van der Waals surface area contributed by atoms with E-state index in [-0.39, 0.29) is 29.7 Å². The van der Waals surface area contributed by atoms with E-state index in [4.69, 9.17) is 0 Å². The molecular weight excluding hydrogens is 414 g/mol. The number of benzene rings is 2. The summed E-state index contributed by atoms with van der Waals surface area (Å²) < 4.78 is 26.5. The van der Waals surface area contributed by atoms with E-state index in [0.717, 1.165) is 11.1 Å². The Bertz CT molecular complexity index is 993. The molecule has 168 valence electrons. The molecule has 0 saturated heterocycles. The molecule has 8 heteroatoms. The summed E-state index contributed by atoms with van der Waals surface area (Å²) in [7, 11) is -0.556. The molecular formula is C23H31N3O4S. The fraction of sp³-hybridized carbons (Fsp3) is 0.391. The Balaban J connectivity index is 2.05. The molecule has 0 radical (unpaired) electrons. The number of nitrogens with one attached hydrogen (secondary N) is 1. The fourth-order valence-electron chi connectivity index (χ4n) is 3.29. The number of carbonyl (C=O) groups excluding carboxylic acids is 2. The molecule has 31 heavy (non-hydrogen) atoms. The van der Waals surface area contributed by atoms with Gasteiger partial charge in [0, 0.05) is 33.6 Å². The molecule has 1 N–H and O–H groups in total. The Morgan fingerprint density at radius 2 is 1.74 bits per heavy atom. The zero-order valence-electron chi connectivity index (χ0n) is 18.5. The average molecular weight is 446 g/mol. The average Bonchev–Trinajstić information content (AvgIpc) is 2.76. The summed E-state index contributed by atoms with van der Waals surface area (Å²) >= 11 is 0. The third-order valence-corrected chi connectivity index (χ3v) is 7.04. The van der Waals surface area contributed by atoms with Crippen molar-refractivity contribution in [2.24, 2.45) is 0 Å². The third kappa shape index (κ3) is 6.63. The fourth-order valence-corrected chi connectivity index (χ4v) is 4.52. The van der Waals surface area contributed by atoms with Gasteiger partial charge >= 0.3 is 0 Å². The van der Waals surface area contributed by atoms with Crippen LogP contribution in [0.1, 0.15) is 30.9 Å². The van der Waals surface area contributed by atoms with Gasteiger partial charge < -0.3 is 10.2 Å². The van der Waals surface area contributed by atoms with E-state index in [1.165, 1.54) is 18.4 Å². The zero-order valence-corrected chi connectivity index (χ0v) is 19.4. The van der Waals surface area contributed by atoms with Crippen LogP contribution < -0.4 is 5.32 Å². The topological polar surface area (TPSA) is 86.8 Å². The molecule has 0 spiro atoms. The monoisotopic (exact) mass is 445 g/mol. The summed E-state index contributed by atoms with van der Waals surface area (Å²) in [4.78, 5) is 26.9. The summed E-state index contributed by atoms with van der Waals surface area (Å²) in [6.45, 7) is 4.18. The van der Waals surface area contributed by atoms with Gasteiger partial charge in [0.05, 0.1) is 4.90 Å². The van der Waals surface area contributed by atoms with Crippen LogP contribution in [0.4, 0.5) is 0 Å². The van der Waals surface area contributed by atoms with E-state index in [1.807, 2.05) is 31.2 Å².